The van der Waals surface area contributed by atoms with Crippen LogP contribution in [0.5, 0.6) is 5.75 Å². The van der Waals surface area contributed by atoms with Gasteiger partial charge in [-0.3, -0.25) is 4.79 Å². The van der Waals surface area contributed by atoms with Gasteiger partial charge in [-0.15, -0.1) is 0 Å². The van der Waals surface area contributed by atoms with E-state index in [0.29, 0.717) is 5.75 Å². The van der Waals surface area contributed by atoms with E-state index in [1.54, 1.807) is 6.07 Å². The number of carbonyl (C=O) groups is 1. The van der Waals surface area contributed by atoms with Gasteiger partial charge in [0, 0.05) is 5.56 Å². The summed E-state index contributed by atoms with van der Waals surface area (Å²) in [6.45, 7) is 1.72. The average Bonchev–Trinajstić information content (AvgIpc) is 2.31. The van der Waals surface area contributed by atoms with E-state index in [0.717, 1.165) is 16.7 Å². The molecule has 0 atom stereocenters. The molecule has 17 heavy (non-hydrogen) atoms. The Balaban J connectivity index is 0.000000437. The van der Waals surface area contributed by atoms with Crippen LogP contribution in [0, 0.1) is 6.92 Å². The van der Waals surface area contributed by atoms with E-state index >= 15 is 0 Å². The highest BCUT2D eigenvalue weighted by molar-refractivity contribution is 5.70. The Bertz CT molecular complexity index is 478. The van der Waals surface area contributed by atoms with Crippen LogP contribution in [0.25, 0.3) is 11.1 Å². The molecule has 2 N–H and O–H groups in total. The molecule has 2 aromatic rings. The van der Waals surface area contributed by atoms with E-state index in [1.807, 2.05) is 49.4 Å². The number of hydrogen-bond donors (Lipinski definition) is 2. The van der Waals surface area contributed by atoms with Gasteiger partial charge in [0.2, 0.25) is 0 Å². The maximum Gasteiger partial charge on any atom is 0.290 e. The minimum Gasteiger partial charge on any atom is -0.507 e. The summed E-state index contributed by atoms with van der Waals surface area (Å²) in [4.78, 5) is 8.36. The van der Waals surface area contributed by atoms with Crippen LogP contribution in [0.2, 0.25) is 0 Å². The van der Waals surface area contributed by atoms with Gasteiger partial charge in [-0.2, -0.15) is 0 Å². The van der Waals surface area contributed by atoms with Crippen LogP contribution in [0.1, 0.15) is 5.56 Å². The fourth-order valence-corrected chi connectivity index (χ4v) is 1.50. The summed E-state index contributed by atoms with van der Waals surface area (Å²) in [6.07, 6.45) is 0. The van der Waals surface area contributed by atoms with E-state index in [9.17, 15) is 5.11 Å². The minimum atomic E-state index is -0.250. The number of phenols is 1. The van der Waals surface area contributed by atoms with Gasteiger partial charge in [-0.1, -0.05) is 42.5 Å². The first kappa shape index (κ1) is 12.8. The Morgan fingerprint density at radius 2 is 1.65 bits per heavy atom. The molecule has 0 amide bonds. The number of rotatable bonds is 1. The van der Waals surface area contributed by atoms with E-state index in [1.165, 1.54) is 0 Å². The molecule has 88 valence electrons. The Kier molecular flexibility index (Phi) is 4.76. The summed E-state index contributed by atoms with van der Waals surface area (Å²) >= 11 is 0. The van der Waals surface area contributed by atoms with Gasteiger partial charge in [-0.25, -0.2) is 0 Å². The highest BCUT2D eigenvalue weighted by atomic mass is 16.3. The molecule has 0 saturated carbocycles. The molecule has 3 nitrogen and oxygen atoms in total. The third-order valence-electron chi connectivity index (χ3n) is 2.24. The third-order valence-corrected chi connectivity index (χ3v) is 2.24. The minimum absolute atomic E-state index is 0.250. The van der Waals surface area contributed by atoms with Crippen molar-refractivity contribution < 1.29 is 15.0 Å². The van der Waals surface area contributed by atoms with Crippen molar-refractivity contribution in [1.29, 1.82) is 0 Å². The highest BCUT2D eigenvalue weighted by Crippen LogP contribution is 2.29. The molecule has 0 saturated heterocycles. The SMILES string of the molecule is Cc1ccc(-c2ccccc2)c(O)c1.O=CO. The number of aromatic hydroxyl groups is 1. The van der Waals surface area contributed by atoms with E-state index < -0.39 is 0 Å². The average molecular weight is 230 g/mol. The summed E-state index contributed by atoms with van der Waals surface area (Å²) in [7, 11) is 0. The van der Waals surface area contributed by atoms with Crippen LogP contribution in [-0.2, 0) is 4.79 Å². The lowest BCUT2D eigenvalue weighted by Gasteiger charge is -2.04. The van der Waals surface area contributed by atoms with Gasteiger partial charge in [0.15, 0.2) is 0 Å². The summed E-state index contributed by atoms with van der Waals surface area (Å²) < 4.78 is 0. The molecular formula is C14H14O3. The van der Waals surface area contributed by atoms with Crippen LogP contribution in [0.15, 0.2) is 48.5 Å². The zero-order chi connectivity index (χ0) is 12.7. The van der Waals surface area contributed by atoms with Gasteiger partial charge in [0.25, 0.3) is 6.47 Å². The Labute approximate surface area is 100.0 Å². The Hall–Kier alpha value is -2.29. The van der Waals surface area contributed by atoms with Crippen molar-refractivity contribution in [2.45, 2.75) is 6.92 Å². The lowest BCUT2D eigenvalue weighted by molar-refractivity contribution is -0.122. The quantitative estimate of drug-likeness (QED) is 0.740. The van der Waals surface area contributed by atoms with Crippen LogP contribution < -0.4 is 0 Å². The van der Waals surface area contributed by atoms with Gasteiger partial charge in [0.05, 0.1) is 0 Å². The predicted octanol–water partition coefficient (Wildman–Crippen LogP) is 3.07. The Morgan fingerprint density at radius 1 is 1.06 bits per heavy atom. The first-order valence-corrected chi connectivity index (χ1v) is 5.12. The molecule has 0 fully saturated rings. The van der Waals surface area contributed by atoms with Gasteiger partial charge in [-0.05, 0) is 24.1 Å². The molecule has 0 unspecified atom stereocenters. The Morgan fingerprint density at radius 3 is 2.18 bits per heavy atom. The fourth-order valence-electron chi connectivity index (χ4n) is 1.50. The van der Waals surface area contributed by atoms with Crippen molar-refractivity contribution in [3.05, 3.63) is 54.1 Å². The van der Waals surface area contributed by atoms with Gasteiger partial charge < -0.3 is 10.2 Å². The van der Waals surface area contributed by atoms with Crippen molar-refractivity contribution in [1.82, 2.24) is 0 Å². The van der Waals surface area contributed by atoms with Crippen LogP contribution in [-0.4, -0.2) is 16.7 Å². The molecule has 0 spiro atoms. The number of benzene rings is 2. The first-order valence-electron chi connectivity index (χ1n) is 5.12. The molecule has 0 radical (unpaired) electrons. The molecule has 0 bridgehead atoms. The van der Waals surface area contributed by atoms with Gasteiger partial charge in [0.1, 0.15) is 5.75 Å². The molecule has 0 aromatic heterocycles. The second kappa shape index (κ2) is 6.33. The van der Waals surface area contributed by atoms with Crippen molar-refractivity contribution in [3.8, 4) is 16.9 Å². The maximum absolute atomic E-state index is 9.74. The summed E-state index contributed by atoms with van der Waals surface area (Å²) in [5.41, 5.74) is 3.00. The monoisotopic (exact) mass is 230 g/mol. The smallest absolute Gasteiger partial charge is 0.290 e. The van der Waals surface area contributed by atoms with E-state index in [-0.39, 0.29) is 6.47 Å². The largest absolute Gasteiger partial charge is 0.507 e. The van der Waals surface area contributed by atoms with Crippen molar-refractivity contribution in [2.24, 2.45) is 0 Å². The molecule has 3 heteroatoms. The van der Waals surface area contributed by atoms with Crippen molar-refractivity contribution in [3.63, 3.8) is 0 Å². The second-order valence-corrected chi connectivity index (χ2v) is 3.49. The van der Waals surface area contributed by atoms with Crippen LogP contribution >= 0.6 is 0 Å². The molecule has 2 rings (SSSR count). The molecule has 2 aromatic carbocycles. The molecule has 0 aliphatic rings. The van der Waals surface area contributed by atoms with Crippen LogP contribution in [0.3, 0.4) is 0 Å². The number of phenolic OH excluding ortho intramolecular Hbond substituents is 1. The zero-order valence-electron chi connectivity index (χ0n) is 9.50. The summed E-state index contributed by atoms with van der Waals surface area (Å²) in [6, 6.07) is 15.6. The summed E-state index contributed by atoms with van der Waals surface area (Å²) in [5.74, 6) is 0.344. The lowest BCUT2D eigenvalue weighted by atomic mass is 10.0. The molecule has 0 heterocycles. The predicted molar refractivity (Wildman–Crippen MR) is 67.0 cm³/mol. The van der Waals surface area contributed by atoms with Crippen LogP contribution in [0.4, 0.5) is 0 Å². The second-order valence-electron chi connectivity index (χ2n) is 3.49. The normalized spacial score (nSPS) is 9.00. The number of hydrogen-bond acceptors (Lipinski definition) is 2. The molecule has 0 aliphatic heterocycles. The van der Waals surface area contributed by atoms with E-state index in [4.69, 9.17) is 9.90 Å². The molecular weight excluding hydrogens is 216 g/mol. The number of carboxylic acid groups (broad SMARTS) is 1. The van der Waals surface area contributed by atoms with Gasteiger partial charge >= 0.3 is 0 Å². The highest BCUT2D eigenvalue weighted by Gasteiger charge is 2.02. The maximum atomic E-state index is 9.74. The van der Waals surface area contributed by atoms with Crippen molar-refractivity contribution >= 4 is 6.47 Å². The third kappa shape index (κ3) is 3.65. The first-order chi connectivity index (χ1) is 8.19. The summed E-state index contributed by atoms with van der Waals surface area (Å²) in [5, 5.41) is 16.6. The topological polar surface area (TPSA) is 57.5 Å². The van der Waals surface area contributed by atoms with Crippen molar-refractivity contribution in [2.75, 3.05) is 0 Å². The fraction of sp³-hybridized carbons (Fsp3) is 0.0714. The standard InChI is InChI=1S/C13H12O.CH2O2/c1-10-7-8-12(13(14)9-10)11-5-3-2-4-6-11;2-1-3/h2-9,14H,1H3;1H,(H,2,3). The molecule has 0 aliphatic carbocycles. The zero-order valence-corrected chi connectivity index (χ0v) is 9.50. The van der Waals surface area contributed by atoms with E-state index in [2.05, 4.69) is 0 Å². The lowest BCUT2D eigenvalue weighted by Crippen LogP contribution is -1.79. The number of aryl methyl sites for hydroxylation is 1.